The number of nitrogens with zero attached hydrogens (tertiary/aromatic N) is 1. The summed E-state index contributed by atoms with van der Waals surface area (Å²) >= 11 is 0. The van der Waals surface area contributed by atoms with Crippen molar-refractivity contribution >= 4 is 5.82 Å². The van der Waals surface area contributed by atoms with Crippen LogP contribution in [0.5, 0.6) is 0 Å². The zero-order chi connectivity index (χ0) is 11.4. The van der Waals surface area contributed by atoms with Crippen LogP contribution < -0.4 is 11.5 Å². The summed E-state index contributed by atoms with van der Waals surface area (Å²) in [5.41, 5.74) is 13.0. The second kappa shape index (κ2) is 5.27. The lowest BCUT2D eigenvalue weighted by molar-refractivity contribution is 0.0450. The monoisotopic (exact) mass is 221 g/mol. The van der Waals surface area contributed by atoms with E-state index in [1.54, 1.807) is 6.20 Å². The highest BCUT2D eigenvalue weighted by Gasteiger charge is 2.21. The average molecular weight is 221 g/mol. The molecule has 0 bridgehead atoms. The van der Waals surface area contributed by atoms with Crippen LogP contribution in [0.25, 0.3) is 0 Å². The van der Waals surface area contributed by atoms with Crippen molar-refractivity contribution in [3.63, 3.8) is 0 Å². The van der Waals surface area contributed by atoms with E-state index in [2.05, 4.69) is 4.98 Å². The second-order valence-electron chi connectivity index (χ2n) is 4.43. The minimum absolute atomic E-state index is 0.155. The number of nitrogens with two attached hydrogens (primary N) is 2. The van der Waals surface area contributed by atoms with Gasteiger partial charge in [0.1, 0.15) is 5.82 Å². The van der Waals surface area contributed by atoms with Crippen molar-refractivity contribution in [2.75, 3.05) is 18.9 Å². The van der Waals surface area contributed by atoms with E-state index in [1.165, 1.54) is 6.42 Å². The van der Waals surface area contributed by atoms with E-state index in [-0.39, 0.29) is 6.04 Å². The van der Waals surface area contributed by atoms with Crippen LogP contribution in [0.15, 0.2) is 18.3 Å². The molecule has 16 heavy (non-hydrogen) atoms. The average Bonchev–Trinajstić information content (AvgIpc) is 2.30. The SMILES string of the molecule is Nc1cc(CC(N)C2CCCOC2)ccn1. The number of anilines is 1. The lowest BCUT2D eigenvalue weighted by atomic mass is 9.90. The van der Waals surface area contributed by atoms with Gasteiger partial charge in [0.25, 0.3) is 0 Å². The number of pyridine rings is 1. The first-order valence-corrected chi connectivity index (χ1v) is 5.79. The van der Waals surface area contributed by atoms with Crippen molar-refractivity contribution in [1.29, 1.82) is 0 Å². The lowest BCUT2D eigenvalue weighted by Crippen LogP contribution is -2.37. The first kappa shape index (κ1) is 11.4. The van der Waals surface area contributed by atoms with Crippen LogP contribution in [0.2, 0.25) is 0 Å². The highest BCUT2D eigenvalue weighted by molar-refractivity contribution is 5.32. The molecule has 1 aromatic heterocycles. The van der Waals surface area contributed by atoms with Crippen molar-refractivity contribution in [3.05, 3.63) is 23.9 Å². The maximum atomic E-state index is 6.19. The summed E-state index contributed by atoms with van der Waals surface area (Å²) in [5, 5.41) is 0. The van der Waals surface area contributed by atoms with Gasteiger partial charge in [-0.05, 0) is 42.9 Å². The van der Waals surface area contributed by atoms with E-state index < -0.39 is 0 Å². The smallest absolute Gasteiger partial charge is 0.123 e. The molecule has 2 atom stereocenters. The van der Waals surface area contributed by atoms with Crippen molar-refractivity contribution in [2.45, 2.75) is 25.3 Å². The van der Waals surface area contributed by atoms with Crippen molar-refractivity contribution in [2.24, 2.45) is 11.7 Å². The number of hydrogen-bond donors (Lipinski definition) is 2. The largest absolute Gasteiger partial charge is 0.384 e. The van der Waals surface area contributed by atoms with E-state index in [4.69, 9.17) is 16.2 Å². The van der Waals surface area contributed by atoms with E-state index >= 15 is 0 Å². The maximum absolute atomic E-state index is 6.19. The minimum atomic E-state index is 0.155. The molecule has 1 aliphatic heterocycles. The van der Waals surface area contributed by atoms with E-state index in [9.17, 15) is 0 Å². The van der Waals surface area contributed by atoms with E-state index in [1.807, 2.05) is 12.1 Å². The Bertz CT molecular complexity index is 337. The Hall–Kier alpha value is -1.13. The van der Waals surface area contributed by atoms with Crippen molar-refractivity contribution in [1.82, 2.24) is 4.98 Å². The third kappa shape index (κ3) is 2.93. The second-order valence-corrected chi connectivity index (χ2v) is 4.43. The van der Waals surface area contributed by atoms with Crippen LogP contribution in [-0.4, -0.2) is 24.2 Å². The molecular weight excluding hydrogens is 202 g/mol. The fraction of sp³-hybridized carbons (Fsp3) is 0.583. The number of rotatable bonds is 3. The van der Waals surface area contributed by atoms with Gasteiger partial charge in [-0.2, -0.15) is 0 Å². The Labute approximate surface area is 96.0 Å². The molecule has 2 unspecified atom stereocenters. The normalized spacial score (nSPS) is 22.9. The van der Waals surface area contributed by atoms with Gasteiger partial charge in [-0.25, -0.2) is 4.98 Å². The van der Waals surface area contributed by atoms with Crippen LogP contribution >= 0.6 is 0 Å². The summed E-state index contributed by atoms with van der Waals surface area (Å²) in [6.45, 7) is 1.67. The zero-order valence-electron chi connectivity index (χ0n) is 9.43. The molecule has 1 saturated heterocycles. The number of aromatic nitrogens is 1. The fourth-order valence-corrected chi connectivity index (χ4v) is 2.16. The summed E-state index contributed by atoms with van der Waals surface area (Å²) in [4.78, 5) is 3.97. The zero-order valence-corrected chi connectivity index (χ0v) is 9.43. The van der Waals surface area contributed by atoms with Crippen LogP contribution in [0, 0.1) is 5.92 Å². The number of hydrogen-bond acceptors (Lipinski definition) is 4. The Morgan fingerprint density at radius 3 is 3.12 bits per heavy atom. The molecule has 0 spiro atoms. The predicted molar refractivity (Wildman–Crippen MR) is 63.9 cm³/mol. The van der Waals surface area contributed by atoms with Crippen LogP contribution in [0.1, 0.15) is 18.4 Å². The van der Waals surface area contributed by atoms with Crippen LogP contribution in [-0.2, 0) is 11.2 Å². The summed E-state index contributed by atoms with van der Waals surface area (Å²) in [6, 6.07) is 4.02. The topological polar surface area (TPSA) is 74.2 Å². The Kier molecular flexibility index (Phi) is 3.74. The van der Waals surface area contributed by atoms with Crippen LogP contribution in [0.3, 0.4) is 0 Å². The van der Waals surface area contributed by atoms with Gasteiger partial charge in [0.2, 0.25) is 0 Å². The molecule has 4 N–H and O–H groups in total. The van der Waals surface area contributed by atoms with Crippen molar-refractivity contribution < 1.29 is 4.74 Å². The first-order valence-electron chi connectivity index (χ1n) is 5.79. The van der Waals surface area contributed by atoms with Gasteiger partial charge in [0.05, 0.1) is 6.61 Å². The quantitative estimate of drug-likeness (QED) is 0.797. The number of ether oxygens (including phenoxy) is 1. The van der Waals surface area contributed by atoms with Gasteiger partial charge in [0, 0.05) is 18.8 Å². The summed E-state index contributed by atoms with van der Waals surface area (Å²) in [6.07, 6.45) is 4.87. The molecule has 4 nitrogen and oxygen atoms in total. The van der Waals surface area contributed by atoms with Gasteiger partial charge < -0.3 is 16.2 Å². The molecule has 4 heteroatoms. The molecule has 0 saturated carbocycles. The highest BCUT2D eigenvalue weighted by Crippen LogP contribution is 2.19. The standard InChI is InChI=1S/C12H19N3O/c13-11(10-2-1-5-16-8-10)6-9-3-4-15-12(14)7-9/h3-4,7,10-11H,1-2,5-6,8,13H2,(H2,14,15). The summed E-state index contributed by atoms with van der Waals surface area (Å²) in [5.74, 6) is 1.03. The summed E-state index contributed by atoms with van der Waals surface area (Å²) < 4.78 is 5.45. The molecule has 0 amide bonds. The highest BCUT2D eigenvalue weighted by atomic mass is 16.5. The minimum Gasteiger partial charge on any atom is -0.384 e. The number of nitrogen functional groups attached to an aromatic ring is 1. The molecule has 0 radical (unpaired) electrons. The molecule has 1 aromatic rings. The molecule has 1 aliphatic rings. The van der Waals surface area contributed by atoms with Crippen molar-refractivity contribution in [3.8, 4) is 0 Å². The first-order chi connectivity index (χ1) is 7.75. The molecule has 0 aliphatic carbocycles. The van der Waals surface area contributed by atoms with Gasteiger partial charge in [-0.15, -0.1) is 0 Å². The fourth-order valence-electron chi connectivity index (χ4n) is 2.16. The maximum Gasteiger partial charge on any atom is 0.123 e. The van der Waals surface area contributed by atoms with Gasteiger partial charge in [-0.3, -0.25) is 0 Å². The molecule has 0 aromatic carbocycles. The Balaban J connectivity index is 1.93. The predicted octanol–water partition coefficient (Wildman–Crippen LogP) is 0.960. The van der Waals surface area contributed by atoms with Gasteiger partial charge in [0.15, 0.2) is 0 Å². The third-order valence-corrected chi connectivity index (χ3v) is 3.12. The molecule has 2 heterocycles. The van der Waals surface area contributed by atoms with Crippen LogP contribution in [0.4, 0.5) is 5.82 Å². The Morgan fingerprint density at radius 2 is 2.44 bits per heavy atom. The Morgan fingerprint density at radius 1 is 1.56 bits per heavy atom. The molecule has 88 valence electrons. The van der Waals surface area contributed by atoms with E-state index in [0.717, 1.165) is 31.6 Å². The summed E-state index contributed by atoms with van der Waals surface area (Å²) in [7, 11) is 0. The van der Waals surface area contributed by atoms with E-state index in [0.29, 0.717) is 11.7 Å². The van der Waals surface area contributed by atoms with Gasteiger partial charge >= 0.3 is 0 Å². The molecular formula is C12H19N3O. The third-order valence-electron chi connectivity index (χ3n) is 3.12. The lowest BCUT2D eigenvalue weighted by Gasteiger charge is -2.27. The molecule has 1 fully saturated rings. The molecule has 2 rings (SSSR count). The van der Waals surface area contributed by atoms with Gasteiger partial charge in [-0.1, -0.05) is 0 Å².